The third-order valence-corrected chi connectivity index (χ3v) is 5.75. The Morgan fingerprint density at radius 2 is 2.08 bits per heavy atom. The van der Waals surface area contributed by atoms with E-state index in [-0.39, 0.29) is 24.1 Å². The minimum absolute atomic E-state index is 0.106. The highest BCUT2D eigenvalue weighted by molar-refractivity contribution is 6.05. The smallest absolute Gasteiger partial charge is 0.255 e. The van der Waals surface area contributed by atoms with Gasteiger partial charge in [0.2, 0.25) is 11.8 Å². The number of nitrogens with zero attached hydrogens (tertiary/aromatic N) is 2. The average molecular weight is 356 g/mol. The Balaban J connectivity index is 1.53. The van der Waals surface area contributed by atoms with E-state index < -0.39 is 6.04 Å². The van der Waals surface area contributed by atoms with Crippen molar-refractivity contribution in [1.29, 1.82) is 0 Å². The Morgan fingerprint density at radius 3 is 2.81 bits per heavy atom. The molecular formula is C19H24N4O3. The van der Waals surface area contributed by atoms with Crippen molar-refractivity contribution in [2.45, 2.75) is 44.4 Å². The number of rotatable bonds is 4. The number of nitrogens with one attached hydrogen (secondary N) is 2. The van der Waals surface area contributed by atoms with Gasteiger partial charge in [0.25, 0.3) is 5.91 Å². The molecule has 0 radical (unpaired) electrons. The lowest BCUT2D eigenvalue weighted by Crippen LogP contribution is -2.52. The summed E-state index contributed by atoms with van der Waals surface area (Å²) in [6.07, 6.45) is 1.81. The second kappa shape index (κ2) is 6.81. The van der Waals surface area contributed by atoms with Gasteiger partial charge in [0.05, 0.1) is 0 Å². The van der Waals surface area contributed by atoms with Crippen LogP contribution in [0.3, 0.4) is 0 Å². The predicted molar refractivity (Wildman–Crippen MR) is 95.2 cm³/mol. The number of benzene rings is 1. The van der Waals surface area contributed by atoms with Gasteiger partial charge in [-0.1, -0.05) is 12.1 Å². The van der Waals surface area contributed by atoms with E-state index in [1.165, 1.54) is 0 Å². The molecule has 2 N–H and O–H groups in total. The molecule has 7 heteroatoms. The highest BCUT2D eigenvalue weighted by Gasteiger charge is 2.39. The van der Waals surface area contributed by atoms with Crippen molar-refractivity contribution < 1.29 is 14.4 Å². The van der Waals surface area contributed by atoms with Crippen LogP contribution in [0.25, 0.3) is 0 Å². The number of carbonyl (C=O) groups excluding carboxylic acids is 3. The van der Waals surface area contributed by atoms with Gasteiger partial charge >= 0.3 is 0 Å². The van der Waals surface area contributed by atoms with Gasteiger partial charge in [0, 0.05) is 44.2 Å². The highest BCUT2D eigenvalue weighted by atomic mass is 16.2. The lowest BCUT2D eigenvalue weighted by Gasteiger charge is -2.29. The summed E-state index contributed by atoms with van der Waals surface area (Å²) in [4.78, 5) is 40.4. The first-order valence-electron chi connectivity index (χ1n) is 9.22. The van der Waals surface area contributed by atoms with E-state index in [0.717, 1.165) is 37.2 Å². The van der Waals surface area contributed by atoms with Crippen molar-refractivity contribution in [1.82, 2.24) is 20.4 Å². The van der Waals surface area contributed by atoms with E-state index in [0.29, 0.717) is 24.6 Å². The number of hydrogen-bond donors (Lipinski definition) is 2. The third-order valence-electron chi connectivity index (χ3n) is 5.75. The molecule has 3 heterocycles. The molecular weight excluding hydrogens is 332 g/mol. The second-order valence-corrected chi connectivity index (χ2v) is 7.35. The van der Waals surface area contributed by atoms with Crippen LogP contribution in [-0.2, 0) is 22.7 Å². The van der Waals surface area contributed by atoms with Gasteiger partial charge in [0.1, 0.15) is 6.04 Å². The first-order valence-corrected chi connectivity index (χ1v) is 9.22. The standard InChI is InChI=1S/C19H24N4O3/c1-20-13-7-8-22(10-13)9-12-3-2-4-14-15(12)11-23(19(14)26)16-5-6-17(24)21-18(16)25/h2-4,13,16,20H,5-11H2,1H3,(H,21,24,25)/t13-,16?/m0/s1. The van der Waals surface area contributed by atoms with Crippen molar-refractivity contribution in [3.05, 3.63) is 34.9 Å². The van der Waals surface area contributed by atoms with Crippen molar-refractivity contribution in [2.75, 3.05) is 20.1 Å². The summed E-state index contributed by atoms with van der Waals surface area (Å²) >= 11 is 0. The van der Waals surface area contributed by atoms with Gasteiger partial charge in [-0.15, -0.1) is 0 Å². The molecule has 2 saturated heterocycles. The van der Waals surface area contributed by atoms with Crippen LogP contribution < -0.4 is 10.6 Å². The zero-order valence-electron chi connectivity index (χ0n) is 15.0. The Hall–Kier alpha value is -2.25. The van der Waals surface area contributed by atoms with Crippen molar-refractivity contribution >= 4 is 17.7 Å². The van der Waals surface area contributed by atoms with Crippen LogP contribution in [0, 0.1) is 0 Å². The van der Waals surface area contributed by atoms with Gasteiger partial charge in [0.15, 0.2) is 0 Å². The first kappa shape index (κ1) is 17.2. The molecule has 0 aliphatic carbocycles. The van der Waals surface area contributed by atoms with E-state index in [4.69, 9.17) is 0 Å². The molecule has 7 nitrogen and oxygen atoms in total. The summed E-state index contributed by atoms with van der Waals surface area (Å²) in [5.74, 6) is -0.726. The molecule has 3 amide bonds. The van der Waals surface area contributed by atoms with Gasteiger partial charge in [-0.3, -0.25) is 24.6 Å². The largest absolute Gasteiger partial charge is 0.322 e. The predicted octanol–water partition coefficient (Wildman–Crippen LogP) is 0.241. The van der Waals surface area contributed by atoms with Crippen LogP contribution in [0.1, 0.15) is 40.7 Å². The Kier molecular flexibility index (Phi) is 4.50. The zero-order chi connectivity index (χ0) is 18.3. The summed E-state index contributed by atoms with van der Waals surface area (Å²) in [5.41, 5.74) is 2.87. The Morgan fingerprint density at radius 1 is 1.23 bits per heavy atom. The molecule has 0 spiro atoms. The molecule has 0 saturated carbocycles. The third kappa shape index (κ3) is 3.01. The van der Waals surface area contributed by atoms with Crippen LogP contribution >= 0.6 is 0 Å². The maximum atomic E-state index is 12.8. The topological polar surface area (TPSA) is 81.8 Å². The van der Waals surface area contributed by atoms with Crippen LogP contribution in [0.4, 0.5) is 0 Å². The fourth-order valence-corrected chi connectivity index (χ4v) is 4.25. The van der Waals surface area contributed by atoms with Gasteiger partial charge < -0.3 is 10.2 Å². The minimum atomic E-state index is -0.555. The average Bonchev–Trinajstić information content (AvgIpc) is 3.21. The van der Waals surface area contributed by atoms with Crippen molar-refractivity contribution in [3.8, 4) is 0 Å². The quantitative estimate of drug-likeness (QED) is 0.756. The summed E-state index contributed by atoms with van der Waals surface area (Å²) in [5, 5.41) is 5.67. The molecule has 138 valence electrons. The monoisotopic (exact) mass is 356 g/mol. The Bertz CT molecular complexity index is 763. The molecule has 3 aliphatic heterocycles. The molecule has 2 atom stereocenters. The van der Waals surface area contributed by atoms with Gasteiger partial charge in [-0.05, 0) is 37.1 Å². The maximum Gasteiger partial charge on any atom is 0.255 e. The molecule has 4 rings (SSSR count). The normalized spacial score (nSPS) is 26.3. The van der Waals surface area contributed by atoms with Crippen LogP contribution in [0.15, 0.2) is 18.2 Å². The number of likely N-dealkylation sites (N-methyl/N-ethyl adjacent to an activating group) is 1. The number of amides is 3. The fourth-order valence-electron chi connectivity index (χ4n) is 4.25. The van der Waals surface area contributed by atoms with Crippen LogP contribution in [-0.4, -0.2) is 59.7 Å². The number of hydrogen-bond acceptors (Lipinski definition) is 5. The zero-order valence-corrected chi connectivity index (χ0v) is 15.0. The molecule has 3 aliphatic rings. The van der Waals surface area contributed by atoms with Gasteiger partial charge in [-0.2, -0.15) is 0 Å². The van der Waals surface area contributed by atoms with Crippen LogP contribution in [0.5, 0.6) is 0 Å². The lowest BCUT2D eigenvalue weighted by molar-refractivity contribution is -0.136. The fraction of sp³-hybridized carbons (Fsp3) is 0.526. The summed E-state index contributed by atoms with van der Waals surface area (Å²) in [7, 11) is 1.99. The SMILES string of the molecule is CN[C@H]1CCN(Cc2cccc3c2CN(C2CCC(=O)NC2=O)C3=O)C1. The first-order chi connectivity index (χ1) is 12.6. The van der Waals surface area contributed by atoms with E-state index in [1.807, 2.05) is 19.2 Å². The number of fused-ring (bicyclic) bond motifs is 1. The molecule has 1 unspecified atom stereocenters. The van der Waals surface area contributed by atoms with E-state index in [9.17, 15) is 14.4 Å². The molecule has 1 aromatic carbocycles. The number of imide groups is 1. The summed E-state index contributed by atoms with van der Waals surface area (Å²) in [6.45, 7) is 3.31. The number of carbonyl (C=O) groups is 3. The molecule has 1 aromatic rings. The van der Waals surface area contributed by atoms with Crippen LogP contribution in [0.2, 0.25) is 0 Å². The van der Waals surface area contributed by atoms with E-state index in [1.54, 1.807) is 4.90 Å². The highest BCUT2D eigenvalue weighted by Crippen LogP contribution is 2.30. The van der Waals surface area contributed by atoms with E-state index >= 15 is 0 Å². The number of likely N-dealkylation sites (tertiary alicyclic amines) is 1. The van der Waals surface area contributed by atoms with Gasteiger partial charge in [-0.25, -0.2) is 0 Å². The molecule has 0 aromatic heterocycles. The molecule has 2 fully saturated rings. The summed E-state index contributed by atoms with van der Waals surface area (Å²) in [6, 6.07) is 5.81. The minimum Gasteiger partial charge on any atom is -0.322 e. The molecule has 0 bridgehead atoms. The second-order valence-electron chi connectivity index (χ2n) is 7.35. The summed E-state index contributed by atoms with van der Waals surface area (Å²) < 4.78 is 0. The lowest BCUT2D eigenvalue weighted by atomic mass is 10.0. The Labute approximate surface area is 152 Å². The van der Waals surface area contributed by atoms with E-state index in [2.05, 4.69) is 21.6 Å². The molecule has 26 heavy (non-hydrogen) atoms. The maximum absolute atomic E-state index is 12.8. The van der Waals surface area contributed by atoms with Crippen molar-refractivity contribution in [2.24, 2.45) is 0 Å². The van der Waals surface area contributed by atoms with Crippen molar-refractivity contribution in [3.63, 3.8) is 0 Å². The number of piperidine rings is 1.